The minimum Gasteiger partial charge on any atom is -0.465 e. The number of aromatic nitrogens is 1. The van der Waals surface area contributed by atoms with E-state index < -0.39 is 5.97 Å². The molecule has 2 aromatic heterocycles. The van der Waals surface area contributed by atoms with Gasteiger partial charge in [-0.3, -0.25) is 4.79 Å². The predicted octanol–water partition coefficient (Wildman–Crippen LogP) is 3.37. The molecule has 0 saturated carbocycles. The molecule has 7 heteroatoms. The van der Waals surface area contributed by atoms with Crippen LogP contribution in [0, 0.1) is 0 Å². The molecule has 3 aromatic rings. The molecule has 0 aliphatic rings. The van der Waals surface area contributed by atoms with Crippen LogP contribution in [0.3, 0.4) is 0 Å². The molecule has 0 fully saturated rings. The lowest BCUT2D eigenvalue weighted by Gasteiger charge is -2.08. The molecule has 24 heavy (non-hydrogen) atoms. The van der Waals surface area contributed by atoms with Gasteiger partial charge in [-0.1, -0.05) is 23.4 Å². The summed E-state index contributed by atoms with van der Waals surface area (Å²) in [5.41, 5.74) is 1.22. The number of hydrogen-bond acceptors (Lipinski definition) is 6. The van der Waals surface area contributed by atoms with E-state index in [0.717, 1.165) is 4.88 Å². The van der Waals surface area contributed by atoms with Gasteiger partial charge in [0.05, 0.1) is 35.4 Å². The largest absolute Gasteiger partial charge is 0.465 e. The van der Waals surface area contributed by atoms with Gasteiger partial charge >= 0.3 is 5.97 Å². The first kappa shape index (κ1) is 15.9. The number of ether oxygens (including phenoxy) is 1. The van der Waals surface area contributed by atoms with E-state index in [1.807, 2.05) is 17.5 Å². The van der Waals surface area contributed by atoms with E-state index in [2.05, 4.69) is 10.5 Å². The Morgan fingerprint density at radius 2 is 2.08 bits per heavy atom. The van der Waals surface area contributed by atoms with Crippen LogP contribution in [0.1, 0.15) is 16.1 Å². The SMILES string of the molecule is COC(=O)c1ccccc1NC(=O)Cc1cc(-c2cccs2)on1. The van der Waals surface area contributed by atoms with Gasteiger partial charge in [0.1, 0.15) is 0 Å². The summed E-state index contributed by atoms with van der Waals surface area (Å²) in [7, 11) is 1.29. The minimum atomic E-state index is -0.507. The van der Waals surface area contributed by atoms with Crippen molar-refractivity contribution in [1.29, 1.82) is 0 Å². The van der Waals surface area contributed by atoms with Gasteiger partial charge in [-0.2, -0.15) is 0 Å². The number of anilines is 1. The molecule has 3 rings (SSSR count). The fourth-order valence-electron chi connectivity index (χ4n) is 2.17. The maximum absolute atomic E-state index is 12.2. The Hall–Kier alpha value is -2.93. The number of thiophene rings is 1. The van der Waals surface area contributed by atoms with Gasteiger partial charge in [0.25, 0.3) is 0 Å². The molecule has 0 atom stereocenters. The highest BCUT2D eigenvalue weighted by Crippen LogP contribution is 2.25. The zero-order valence-corrected chi connectivity index (χ0v) is 13.6. The molecule has 0 aliphatic heterocycles. The van der Waals surface area contributed by atoms with E-state index in [4.69, 9.17) is 9.26 Å². The van der Waals surface area contributed by atoms with E-state index in [-0.39, 0.29) is 12.3 Å². The Bertz CT molecular complexity index is 855. The second kappa shape index (κ2) is 7.10. The number of para-hydroxylation sites is 1. The third kappa shape index (κ3) is 3.52. The Morgan fingerprint density at radius 3 is 2.83 bits per heavy atom. The molecule has 0 bridgehead atoms. The molecule has 122 valence electrons. The van der Waals surface area contributed by atoms with Crippen LogP contribution in [-0.2, 0) is 16.0 Å². The van der Waals surface area contributed by atoms with Crippen LogP contribution in [0.4, 0.5) is 5.69 Å². The number of carbonyl (C=O) groups excluding carboxylic acids is 2. The average Bonchev–Trinajstić information content (AvgIpc) is 3.25. The number of rotatable bonds is 5. The molecule has 6 nitrogen and oxygen atoms in total. The predicted molar refractivity (Wildman–Crippen MR) is 89.9 cm³/mol. The third-order valence-electron chi connectivity index (χ3n) is 3.27. The van der Waals surface area contributed by atoms with Crippen molar-refractivity contribution in [3.63, 3.8) is 0 Å². The molecule has 1 N–H and O–H groups in total. The molecular formula is C17H14N2O4S. The first-order valence-corrected chi connectivity index (χ1v) is 8.02. The van der Waals surface area contributed by atoms with Gasteiger partial charge in [-0.05, 0) is 23.6 Å². The smallest absolute Gasteiger partial charge is 0.339 e. The lowest BCUT2D eigenvalue weighted by atomic mass is 10.1. The number of carbonyl (C=O) groups is 2. The standard InChI is InChI=1S/C17H14N2O4S/c1-22-17(21)12-5-2-3-6-13(12)18-16(20)10-11-9-14(23-19-11)15-7-4-8-24-15/h2-9H,10H2,1H3,(H,18,20). The number of hydrogen-bond donors (Lipinski definition) is 1. The lowest BCUT2D eigenvalue weighted by Crippen LogP contribution is -2.17. The zero-order valence-electron chi connectivity index (χ0n) is 12.8. The summed E-state index contributed by atoms with van der Waals surface area (Å²) in [6, 6.07) is 12.2. The second-order valence-corrected chi connectivity index (χ2v) is 5.87. The monoisotopic (exact) mass is 342 g/mol. The van der Waals surface area contributed by atoms with E-state index >= 15 is 0 Å². The van der Waals surface area contributed by atoms with Crippen molar-refractivity contribution in [2.75, 3.05) is 12.4 Å². The van der Waals surface area contributed by atoms with Crippen LogP contribution in [0.15, 0.2) is 52.4 Å². The van der Waals surface area contributed by atoms with Crippen LogP contribution < -0.4 is 5.32 Å². The summed E-state index contributed by atoms with van der Waals surface area (Å²) < 4.78 is 9.95. The van der Waals surface area contributed by atoms with Gasteiger partial charge in [-0.15, -0.1) is 11.3 Å². The number of benzene rings is 1. The van der Waals surface area contributed by atoms with Crippen molar-refractivity contribution in [3.05, 3.63) is 59.1 Å². The van der Waals surface area contributed by atoms with Crippen LogP contribution in [-0.4, -0.2) is 24.1 Å². The van der Waals surface area contributed by atoms with Gasteiger partial charge in [0, 0.05) is 6.07 Å². The van der Waals surface area contributed by atoms with E-state index in [1.165, 1.54) is 18.4 Å². The quantitative estimate of drug-likeness (QED) is 0.719. The lowest BCUT2D eigenvalue weighted by molar-refractivity contribution is -0.115. The Balaban J connectivity index is 1.70. The summed E-state index contributed by atoms with van der Waals surface area (Å²) in [6.45, 7) is 0. The van der Waals surface area contributed by atoms with Gasteiger partial charge < -0.3 is 14.6 Å². The fraction of sp³-hybridized carbons (Fsp3) is 0.118. The Kier molecular flexibility index (Phi) is 4.72. The highest BCUT2D eigenvalue weighted by atomic mass is 32.1. The maximum Gasteiger partial charge on any atom is 0.339 e. The normalized spacial score (nSPS) is 10.4. The van der Waals surface area contributed by atoms with Crippen molar-refractivity contribution in [3.8, 4) is 10.6 Å². The topological polar surface area (TPSA) is 81.4 Å². The first-order valence-electron chi connectivity index (χ1n) is 7.14. The van der Waals surface area contributed by atoms with Crippen LogP contribution in [0.2, 0.25) is 0 Å². The summed E-state index contributed by atoms with van der Waals surface area (Å²) in [4.78, 5) is 24.9. The number of methoxy groups -OCH3 is 1. The summed E-state index contributed by atoms with van der Waals surface area (Å²) in [5.74, 6) is -0.174. The molecule has 0 spiro atoms. The van der Waals surface area contributed by atoms with E-state index in [0.29, 0.717) is 22.7 Å². The molecule has 0 radical (unpaired) electrons. The van der Waals surface area contributed by atoms with Crippen LogP contribution in [0.25, 0.3) is 10.6 Å². The summed E-state index contributed by atoms with van der Waals surface area (Å²) in [5, 5.41) is 8.54. The van der Waals surface area contributed by atoms with E-state index in [1.54, 1.807) is 30.3 Å². The van der Waals surface area contributed by atoms with Crippen molar-refractivity contribution in [2.24, 2.45) is 0 Å². The van der Waals surface area contributed by atoms with E-state index in [9.17, 15) is 9.59 Å². The van der Waals surface area contributed by atoms with Crippen LogP contribution in [0.5, 0.6) is 0 Å². The number of nitrogens with one attached hydrogen (secondary N) is 1. The summed E-state index contributed by atoms with van der Waals surface area (Å²) in [6.07, 6.45) is 0.0460. The highest BCUT2D eigenvalue weighted by Gasteiger charge is 2.15. The molecule has 1 aromatic carbocycles. The molecule has 2 heterocycles. The zero-order chi connectivity index (χ0) is 16.9. The van der Waals surface area contributed by atoms with Gasteiger partial charge in [0.2, 0.25) is 5.91 Å². The first-order chi connectivity index (χ1) is 11.7. The van der Waals surface area contributed by atoms with Crippen molar-refractivity contribution < 1.29 is 18.8 Å². The second-order valence-electron chi connectivity index (χ2n) is 4.92. The Labute approximate surface area is 142 Å². The number of amides is 1. The third-order valence-corrected chi connectivity index (χ3v) is 4.16. The molecule has 1 amide bonds. The summed E-state index contributed by atoms with van der Waals surface area (Å²) >= 11 is 1.53. The maximum atomic E-state index is 12.2. The van der Waals surface area contributed by atoms with Crippen molar-refractivity contribution >= 4 is 28.9 Å². The average molecular weight is 342 g/mol. The van der Waals surface area contributed by atoms with Gasteiger partial charge in [0.15, 0.2) is 5.76 Å². The molecule has 0 aliphatic carbocycles. The molecular weight excluding hydrogens is 328 g/mol. The van der Waals surface area contributed by atoms with Crippen molar-refractivity contribution in [2.45, 2.75) is 6.42 Å². The molecule has 0 unspecified atom stereocenters. The fourth-order valence-corrected chi connectivity index (χ4v) is 2.84. The number of nitrogens with zero attached hydrogens (tertiary/aromatic N) is 1. The van der Waals surface area contributed by atoms with Crippen molar-refractivity contribution in [1.82, 2.24) is 5.16 Å². The van der Waals surface area contributed by atoms with Crippen LogP contribution >= 0.6 is 11.3 Å². The molecule has 0 saturated heterocycles. The Morgan fingerprint density at radius 1 is 1.25 bits per heavy atom. The van der Waals surface area contributed by atoms with Gasteiger partial charge in [-0.25, -0.2) is 4.79 Å². The highest BCUT2D eigenvalue weighted by molar-refractivity contribution is 7.13. The number of esters is 1. The minimum absolute atomic E-state index is 0.0460.